The number of aromatic nitrogens is 4. The van der Waals surface area contributed by atoms with E-state index in [9.17, 15) is 0 Å². The number of nitrogens with zero attached hydrogens (tertiary/aromatic N) is 3. The van der Waals surface area contributed by atoms with Crippen molar-refractivity contribution in [2.75, 3.05) is 5.73 Å². The summed E-state index contributed by atoms with van der Waals surface area (Å²) in [5.74, 6) is 0.737. The molecule has 3 N–H and O–H groups in total. The second-order valence-corrected chi connectivity index (χ2v) is 3.08. The molecule has 76 valence electrons. The van der Waals surface area contributed by atoms with Gasteiger partial charge in [0.2, 0.25) is 0 Å². The van der Waals surface area contributed by atoms with Gasteiger partial charge < -0.3 is 5.73 Å². The second kappa shape index (κ2) is 4.36. The molecule has 0 saturated heterocycles. The molecule has 1 heterocycles. The fraction of sp³-hybridized carbons (Fsp3) is 0.100. The van der Waals surface area contributed by atoms with E-state index in [2.05, 4.69) is 20.6 Å². The molecule has 0 aliphatic rings. The zero-order valence-corrected chi connectivity index (χ0v) is 8.09. The van der Waals surface area contributed by atoms with Crippen molar-refractivity contribution < 1.29 is 0 Å². The van der Waals surface area contributed by atoms with E-state index in [0.717, 1.165) is 17.1 Å². The van der Waals surface area contributed by atoms with Crippen LogP contribution in [0.2, 0.25) is 0 Å². The Morgan fingerprint density at radius 3 is 2.93 bits per heavy atom. The highest BCUT2D eigenvalue weighted by molar-refractivity contribution is 5.64. The van der Waals surface area contributed by atoms with Gasteiger partial charge in [-0.2, -0.15) is 0 Å². The molecule has 0 aliphatic carbocycles. The maximum absolute atomic E-state index is 5.78. The number of nitrogens with one attached hydrogen (secondary N) is 1. The van der Waals surface area contributed by atoms with E-state index in [4.69, 9.17) is 5.73 Å². The van der Waals surface area contributed by atoms with E-state index in [1.807, 2.05) is 36.4 Å². The van der Waals surface area contributed by atoms with Gasteiger partial charge in [0.15, 0.2) is 5.82 Å². The Kier molecular flexibility index (Phi) is 2.73. The van der Waals surface area contributed by atoms with Crippen LogP contribution < -0.4 is 5.73 Å². The lowest BCUT2D eigenvalue weighted by Crippen LogP contribution is -1.88. The summed E-state index contributed by atoms with van der Waals surface area (Å²) in [7, 11) is 0. The molecule has 2 rings (SSSR count). The lowest BCUT2D eigenvalue weighted by atomic mass is 10.1. The van der Waals surface area contributed by atoms with Crippen molar-refractivity contribution in [3.63, 3.8) is 0 Å². The maximum atomic E-state index is 5.78. The van der Waals surface area contributed by atoms with Gasteiger partial charge in [0.25, 0.3) is 0 Å². The van der Waals surface area contributed by atoms with Crippen LogP contribution in [0.1, 0.15) is 11.4 Å². The average molecular weight is 201 g/mol. The fourth-order valence-corrected chi connectivity index (χ4v) is 1.23. The average Bonchev–Trinajstić information content (AvgIpc) is 2.74. The third-order valence-corrected chi connectivity index (χ3v) is 1.99. The van der Waals surface area contributed by atoms with Gasteiger partial charge in [0.1, 0.15) is 0 Å². The lowest BCUT2D eigenvalue weighted by molar-refractivity contribution is 0.881. The van der Waals surface area contributed by atoms with Gasteiger partial charge in [-0.25, -0.2) is 5.10 Å². The number of aromatic amines is 1. The minimum absolute atomic E-state index is 0.668. The number of tetrazole rings is 1. The molecule has 5 heteroatoms. The SMILES string of the molecule is Nc1ccccc1/C=C/Cc1nnn[nH]1. The van der Waals surface area contributed by atoms with E-state index in [-0.39, 0.29) is 0 Å². The molecule has 0 radical (unpaired) electrons. The van der Waals surface area contributed by atoms with Crippen LogP contribution in [0.3, 0.4) is 0 Å². The molecule has 1 aromatic carbocycles. The number of nitrogen functional groups attached to an aromatic ring is 1. The zero-order chi connectivity index (χ0) is 10.5. The normalized spacial score (nSPS) is 10.9. The maximum Gasteiger partial charge on any atom is 0.152 e. The van der Waals surface area contributed by atoms with Crippen molar-refractivity contribution >= 4 is 11.8 Å². The van der Waals surface area contributed by atoms with Crippen LogP contribution in [0.25, 0.3) is 6.08 Å². The number of hydrogen-bond acceptors (Lipinski definition) is 4. The first-order chi connectivity index (χ1) is 7.36. The van der Waals surface area contributed by atoms with Crippen LogP contribution in [0, 0.1) is 0 Å². The van der Waals surface area contributed by atoms with Crippen molar-refractivity contribution in [2.24, 2.45) is 0 Å². The molecule has 0 atom stereocenters. The van der Waals surface area contributed by atoms with Gasteiger partial charge in [0.05, 0.1) is 0 Å². The van der Waals surface area contributed by atoms with Crippen LogP contribution in [0.15, 0.2) is 30.3 Å². The molecule has 0 spiro atoms. The fourth-order valence-electron chi connectivity index (χ4n) is 1.23. The molecule has 15 heavy (non-hydrogen) atoms. The number of allylic oxidation sites excluding steroid dienone is 1. The highest BCUT2D eigenvalue weighted by Crippen LogP contribution is 2.12. The van der Waals surface area contributed by atoms with Gasteiger partial charge in [-0.15, -0.1) is 5.10 Å². The van der Waals surface area contributed by atoms with Crippen LogP contribution in [-0.2, 0) is 6.42 Å². The van der Waals surface area contributed by atoms with Gasteiger partial charge in [-0.1, -0.05) is 30.4 Å². The molecular weight excluding hydrogens is 190 g/mol. The molecule has 0 bridgehead atoms. The second-order valence-electron chi connectivity index (χ2n) is 3.08. The number of nitrogens with two attached hydrogens (primary N) is 1. The highest BCUT2D eigenvalue weighted by atomic mass is 15.5. The Morgan fingerprint density at radius 1 is 1.33 bits per heavy atom. The molecule has 0 aliphatic heterocycles. The predicted octanol–water partition coefficient (Wildman–Crippen LogP) is 1.04. The predicted molar refractivity (Wildman–Crippen MR) is 57.8 cm³/mol. The molecule has 0 unspecified atom stereocenters. The van der Waals surface area contributed by atoms with Crippen molar-refractivity contribution in [3.05, 3.63) is 41.7 Å². The summed E-state index contributed by atoms with van der Waals surface area (Å²) in [5, 5.41) is 13.4. The molecule has 0 fully saturated rings. The lowest BCUT2D eigenvalue weighted by Gasteiger charge is -1.97. The Hall–Kier alpha value is -2.17. The zero-order valence-electron chi connectivity index (χ0n) is 8.09. The summed E-state index contributed by atoms with van der Waals surface area (Å²) >= 11 is 0. The molecule has 5 nitrogen and oxygen atoms in total. The van der Waals surface area contributed by atoms with Gasteiger partial charge in [-0.05, 0) is 22.1 Å². The summed E-state index contributed by atoms with van der Waals surface area (Å²) < 4.78 is 0. The van der Waals surface area contributed by atoms with Gasteiger partial charge >= 0.3 is 0 Å². The van der Waals surface area contributed by atoms with Crippen molar-refractivity contribution in [1.29, 1.82) is 0 Å². The van der Waals surface area contributed by atoms with Crippen LogP contribution in [-0.4, -0.2) is 20.6 Å². The summed E-state index contributed by atoms with van der Waals surface area (Å²) in [6.45, 7) is 0. The number of anilines is 1. The largest absolute Gasteiger partial charge is 0.398 e. The topological polar surface area (TPSA) is 80.5 Å². The van der Waals surface area contributed by atoms with E-state index < -0.39 is 0 Å². The summed E-state index contributed by atoms with van der Waals surface area (Å²) in [5.41, 5.74) is 7.55. The first kappa shape index (κ1) is 9.39. The van der Waals surface area contributed by atoms with Crippen LogP contribution in [0.4, 0.5) is 5.69 Å². The monoisotopic (exact) mass is 201 g/mol. The Labute approximate surface area is 87.0 Å². The Bertz CT molecular complexity index is 447. The Balaban J connectivity index is 2.03. The number of para-hydroxylation sites is 1. The summed E-state index contributed by atoms with van der Waals surface area (Å²) in [6.07, 6.45) is 4.59. The molecule has 1 aromatic heterocycles. The molecular formula is C10H11N5. The van der Waals surface area contributed by atoms with Crippen molar-refractivity contribution in [3.8, 4) is 0 Å². The first-order valence-electron chi connectivity index (χ1n) is 4.60. The van der Waals surface area contributed by atoms with E-state index in [0.29, 0.717) is 6.42 Å². The van der Waals surface area contributed by atoms with E-state index in [1.165, 1.54) is 0 Å². The smallest absolute Gasteiger partial charge is 0.152 e. The highest BCUT2D eigenvalue weighted by Gasteiger charge is 1.94. The van der Waals surface area contributed by atoms with Gasteiger partial charge in [0, 0.05) is 12.1 Å². The summed E-state index contributed by atoms with van der Waals surface area (Å²) in [4.78, 5) is 0. The minimum Gasteiger partial charge on any atom is -0.398 e. The summed E-state index contributed by atoms with van der Waals surface area (Å²) in [6, 6.07) is 7.69. The quantitative estimate of drug-likeness (QED) is 0.727. The number of rotatable bonds is 3. The number of benzene rings is 1. The van der Waals surface area contributed by atoms with E-state index in [1.54, 1.807) is 0 Å². The number of hydrogen-bond donors (Lipinski definition) is 2. The van der Waals surface area contributed by atoms with Crippen molar-refractivity contribution in [2.45, 2.75) is 6.42 Å². The molecule has 2 aromatic rings. The molecule has 0 saturated carbocycles. The van der Waals surface area contributed by atoms with Crippen molar-refractivity contribution in [1.82, 2.24) is 20.6 Å². The van der Waals surface area contributed by atoms with E-state index >= 15 is 0 Å². The third kappa shape index (κ3) is 2.40. The van der Waals surface area contributed by atoms with Crippen LogP contribution in [0.5, 0.6) is 0 Å². The van der Waals surface area contributed by atoms with Crippen LogP contribution >= 0.6 is 0 Å². The first-order valence-corrected chi connectivity index (χ1v) is 4.60. The standard InChI is InChI=1S/C10H11N5/c11-9-6-2-1-4-8(9)5-3-7-10-12-14-15-13-10/h1-6H,7,11H2,(H,12,13,14,15)/b5-3+. The number of H-pyrrole nitrogens is 1. The third-order valence-electron chi connectivity index (χ3n) is 1.99. The minimum atomic E-state index is 0.668. The van der Waals surface area contributed by atoms with Gasteiger partial charge in [-0.3, -0.25) is 0 Å². The Morgan fingerprint density at radius 2 is 2.20 bits per heavy atom. The molecule has 0 amide bonds.